The van der Waals surface area contributed by atoms with Gasteiger partial charge in [0.25, 0.3) is 0 Å². The number of urea groups is 1. The van der Waals surface area contributed by atoms with Crippen LogP contribution in [0.2, 0.25) is 0 Å². The van der Waals surface area contributed by atoms with Gasteiger partial charge in [0.1, 0.15) is 0 Å². The van der Waals surface area contributed by atoms with E-state index in [0.29, 0.717) is 12.6 Å². The fourth-order valence-electron chi connectivity index (χ4n) is 4.11. The molecular formula is C20H31N3O2. The molecule has 2 heterocycles. The van der Waals surface area contributed by atoms with Gasteiger partial charge in [0, 0.05) is 38.8 Å². The summed E-state index contributed by atoms with van der Waals surface area (Å²) in [4.78, 5) is 16.4. The Kier molecular flexibility index (Phi) is 5.97. The Bertz CT molecular complexity index is 555. The van der Waals surface area contributed by atoms with Gasteiger partial charge in [-0.2, -0.15) is 0 Å². The molecule has 3 rings (SSSR count). The lowest BCUT2D eigenvalue weighted by atomic mass is 9.82. The van der Waals surface area contributed by atoms with Crippen molar-refractivity contribution in [3.63, 3.8) is 0 Å². The van der Waals surface area contributed by atoms with Gasteiger partial charge >= 0.3 is 6.03 Å². The molecule has 1 aromatic carbocycles. The van der Waals surface area contributed by atoms with Gasteiger partial charge in [-0.05, 0) is 45.2 Å². The number of likely N-dealkylation sites (tertiary alicyclic amines) is 1. The molecule has 0 bridgehead atoms. The Morgan fingerprint density at radius 3 is 2.72 bits per heavy atom. The van der Waals surface area contributed by atoms with Crippen LogP contribution >= 0.6 is 0 Å². The number of carbonyl (C=O) groups excluding carboxylic acids is 1. The minimum Gasteiger partial charge on any atom is -0.375 e. The van der Waals surface area contributed by atoms with Crippen LogP contribution in [-0.2, 0) is 11.3 Å². The lowest BCUT2D eigenvalue weighted by Gasteiger charge is -2.47. The zero-order valence-electron chi connectivity index (χ0n) is 15.5. The molecule has 1 N–H and O–H groups in total. The van der Waals surface area contributed by atoms with Crippen LogP contribution in [0.3, 0.4) is 0 Å². The number of nitrogens with one attached hydrogen (secondary N) is 1. The number of piperidine rings is 1. The number of hydrogen-bond donors (Lipinski definition) is 1. The van der Waals surface area contributed by atoms with Crippen LogP contribution in [0.1, 0.15) is 38.2 Å². The molecule has 5 heteroatoms. The first-order valence-electron chi connectivity index (χ1n) is 9.53. The van der Waals surface area contributed by atoms with Gasteiger partial charge in [-0.25, -0.2) is 4.79 Å². The zero-order chi connectivity index (χ0) is 17.7. The largest absolute Gasteiger partial charge is 0.375 e. The molecule has 2 aliphatic rings. The highest BCUT2D eigenvalue weighted by atomic mass is 16.5. The lowest BCUT2D eigenvalue weighted by Crippen LogP contribution is -2.55. The van der Waals surface area contributed by atoms with E-state index in [2.05, 4.69) is 47.6 Å². The van der Waals surface area contributed by atoms with E-state index < -0.39 is 0 Å². The van der Waals surface area contributed by atoms with Crippen LogP contribution in [0.15, 0.2) is 30.3 Å². The van der Waals surface area contributed by atoms with Crippen molar-refractivity contribution in [2.45, 2.75) is 50.8 Å². The summed E-state index contributed by atoms with van der Waals surface area (Å²) < 4.78 is 6.24. The Morgan fingerprint density at radius 1 is 1.32 bits per heavy atom. The second kappa shape index (κ2) is 8.19. The second-order valence-electron chi connectivity index (χ2n) is 7.40. The van der Waals surface area contributed by atoms with Gasteiger partial charge in [-0.15, -0.1) is 0 Å². The highest BCUT2D eigenvalue weighted by Gasteiger charge is 2.42. The van der Waals surface area contributed by atoms with Crippen molar-refractivity contribution < 1.29 is 9.53 Å². The molecular weight excluding hydrogens is 314 g/mol. The maximum absolute atomic E-state index is 12.0. The van der Waals surface area contributed by atoms with Crippen molar-refractivity contribution in [1.29, 1.82) is 0 Å². The molecule has 0 aromatic heterocycles. The molecule has 1 spiro atoms. The third-order valence-electron chi connectivity index (χ3n) is 5.65. The maximum Gasteiger partial charge on any atom is 0.317 e. The molecule has 2 amide bonds. The highest BCUT2D eigenvalue weighted by molar-refractivity contribution is 5.74. The van der Waals surface area contributed by atoms with Crippen LogP contribution in [0.4, 0.5) is 4.79 Å². The molecule has 0 radical (unpaired) electrons. The number of hydrogen-bond acceptors (Lipinski definition) is 3. The summed E-state index contributed by atoms with van der Waals surface area (Å²) in [5.41, 5.74) is 1.31. The first-order valence-corrected chi connectivity index (χ1v) is 9.53. The predicted molar refractivity (Wildman–Crippen MR) is 99.5 cm³/mol. The van der Waals surface area contributed by atoms with Crippen LogP contribution < -0.4 is 5.32 Å². The lowest BCUT2D eigenvalue weighted by molar-refractivity contribution is -0.128. The van der Waals surface area contributed by atoms with E-state index in [1.807, 2.05) is 11.8 Å². The van der Waals surface area contributed by atoms with Crippen LogP contribution in [-0.4, -0.2) is 60.8 Å². The van der Waals surface area contributed by atoms with E-state index in [4.69, 9.17) is 4.74 Å². The fraction of sp³-hybridized carbons (Fsp3) is 0.650. The van der Waals surface area contributed by atoms with Crippen molar-refractivity contribution in [2.24, 2.45) is 0 Å². The van der Waals surface area contributed by atoms with Crippen LogP contribution in [0, 0.1) is 0 Å². The number of amides is 2. The number of ether oxygens (including phenoxy) is 1. The number of benzene rings is 1. The minimum atomic E-state index is -0.0448. The second-order valence-corrected chi connectivity index (χ2v) is 7.40. The first kappa shape index (κ1) is 18.2. The van der Waals surface area contributed by atoms with Crippen molar-refractivity contribution >= 4 is 6.03 Å². The number of carbonyl (C=O) groups is 1. The van der Waals surface area contributed by atoms with Crippen LogP contribution in [0.25, 0.3) is 0 Å². The summed E-state index contributed by atoms with van der Waals surface area (Å²) in [7, 11) is 2.22. The van der Waals surface area contributed by atoms with E-state index in [1.54, 1.807) is 0 Å². The molecule has 25 heavy (non-hydrogen) atoms. The van der Waals surface area contributed by atoms with Crippen molar-refractivity contribution in [3.05, 3.63) is 35.9 Å². The van der Waals surface area contributed by atoms with Gasteiger partial charge in [0.05, 0.1) is 5.60 Å². The van der Waals surface area contributed by atoms with Crippen molar-refractivity contribution in [2.75, 3.05) is 33.3 Å². The van der Waals surface area contributed by atoms with Crippen molar-refractivity contribution in [3.8, 4) is 0 Å². The highest BCUT2D eigenvalue weighted by Crippen LogP contribution is 2.36. The first-order chi connectivity index (χ1) is 12.1. The fourth-order valence-corrected chi connectivity index (χ4v) is 4.11. The van der Waals surface area contributed by atoms with Gasteiger partial charge in [0.2, 0.25) is 0 Å². The minimum absolute atomic E-state index is 0.0448. The summed E-state index contributed by atoms with van der Waals surface area (Å²) >= 11 is 0. The monoisotopic (exact) mass is 345 g/mol. The standard InChI is InChI=1S/C20H31N3O2/c1-3-21-19(24)23-12-10-20(11-13-23)15-18(9-14-25-20)22(2)16-17-7-5-4-6-8-17/h4-8,18H,3,9-16H2,1-2H3,(H,21,24). The quantitative estimate of drug-likeness (QED) is 0.913. The SMILES string of the molecule is CCNC(=O)N1CCC2(CC1)CC(N(C)Cc1ccccc1)CCO2. The van der Waals surface area contributed by atoms with Crippen molar-refractivity contribution in [1.82, 2.24) is 15.1 Å². The molecule has 1 atom stereocenters. The Balaban J connectivity index is 1.55. The molecule has 0 saturated carbocycles. The van der Waals surface area contributed by atoms with Gasteiger partial charge in [-0.1, -0.05) is 30.3 Å². The van der Waals surface area contributed by atoms with E-state index >= 15 is 0 Å². The Morgan fingerprint density at radius 2 is 2.04 bits per heavy atom. The molecule has 2 aliphatic heterocycles. The zero-order valence-corrected chi connectivity index (χ0v) is 15.5. The van der Waals surface area contributed by atoms with E-state index in [0.717, 1.165) is 51.9 Å². The Labute approximate surface area is 151 Å². The topological polar surface area (TPSA) is 44.8 Å². The Hall–Kier alpha value is -1.59. The normalized spacial score (nSPS) is 23.0. The molecule has 138 valence electrons. The average Bonchev–Trinajstić information content (AvgIpc) is 2.63. The third kappa shape index (κ3) is 4.53. The van der Waals surface area contributed by atoms with E-state index in [1.165, 1.54) is 5.56 Å². The molecule has 1 aromatic rings. The van der Waals surface area contributed by atoms with Crippen LogP contribution in [0.5, 0.6) is 0 Å². The maximum atomic E-state index is 12.0. The molecule has 1 unspecified atom stereocenters. The average molecular weight is 345 g/mol. The summed E-state index contributed by atoms with van der Waals surface area (Å²) in [5.74, 6) is 0. The molecule has 5 nitrogen and oxygen atoms in total. The summed E-state index contributed by atoms with van der Waals surface area (Å²) in [6.45, 7) is 6.03. The summed E-state index contributed by atoms with van der Waals surface area (Å²) in [6.07, 6.45) is 4.05. The van der Waals surface area contributed by atoms with Gasteiger partial charge < -0.3 is 15.0 Å². The van der Waals surface area contributed by atoms with E-state index in [-0.39, 0.29) is 11.6 Å². The molecule has 2 fully saturated rings. The predicted octanol–water partition coefficient (Wildman–Crippen LogP) is 2.86. The summed E-state index contributed by atoms with van der Waals surface area (Å²) in [6, 6.07) is 11.3. The van der Waals surface area contributed by atoms with E-state index in [9.17, 15) is 4.79 Å². The third-order valence-corrected chi connectivity index (χ3v) is 5.65. The van der Waals surface area contributed by atoms with Gasteiger partial charge in [0.15, 0.2) is 0 Å². The molecule has 0 aliphatic carbocycles. The number of nitrogens with zero attached hydrogens (tertiary/aromatic N) is 2. The molecule has 2 saturated heterocycles. The smallest absolute Gasteiger partial charge is 0.317 e. The summed E-state index contributed by atoms with van der Waals surface area (Å²) in [5, 5.41) is 2.90. The van der Waals surface area contributed by atoms with Gasteiger partial charge in [-0.3, -0.25) is 4.90 Å². The number of rotatable bonds is 4.